The average Bonchev–Trinajstić information content (AvgIpc) is 2.63. The molecule has 2 atom stereocenters. The monoisotopic (exact) mass is 314 g/mol. The zero-order valence-corrected chi connectivity index (χ0v) is 14.1. The summed E-state index contributed by atoms with van der Waals surface area (Å²) in [6.07, 6.45) is 0.844. The first kappa shape index (κ1) is 17.5. The molecule has 4 heteroatoms. The van der Waals surface area contributed by atoms with Gasteiger partial charge in [0.2, 0.25) is 0 Å². The van der Waals surface area contributed by atoms with Gasteiger partial charge in [0.05, 0.1) is 7.11 Å². The second kappa shape index (κ2) is 9.30. The SMILES string of the molecule is CN[C@H](C[C@@H](NCc1ccccc1OC)c1ccccc1)OC. The molecule has 0 bridgehead atoms. The molecule has 0 saturated heterocycles. The summed E-state index contributed by atoms with van der Waals surface area (Å²) < 4.78 is 10.9. The largest absolute Gasteiger partial charge is 0.496 e. The number of methoxy groups -OCH3 is 2. The third-order valence-corrected chi connectivity index (χ3v) is 3.99. The van der Waals surface area contributed by atoms with Crippen molar-refractivity contribution in [2.75, 3.05) is 21.3 Å². The van der Waals surface area contributed by atoms with E-state index in [1.165, 1.54) is 5.56 Å². The Balaban J connectivity index is 2.11. The van der Waals surface area contributed by atoms with Crippen LogP contribution in [0.2, 0.25) is 0 Å². The zero-order valence-electron chi connectivity index (χ0n) is 14.1. The summed E-state index contributed by atoms with van der Waals surface area (Å²) in [6, 6.07) is 18.7. The molecule has 0 spiro atoms. The quantitative estimate of drug-likeness (QED) is 0.698. The maximum absolute atomic E-state index is 5.47. The van der Waals surface area contributed by atoms with E-state index in [4.69, 9.17) is 9.47 Å². The van der Waals surface area contributed by atoms with E-state index in [1.54, 1.807) is 14.2 Å². The fourth-order valence-electron chi connectivity index (χ4n) is 2.65. The van der Waals surface area contributed by atoms with Crippen LogP contribution in [0.15, 0.2) is 54.6 Å². The highest BCUT2D eigenvalue weighted by Crippen LogP contribution is 2.22. The lowest BCUT2D eigenvalue weighted by atomic mass is 10.0. The van der Waals surface area contributed by atoms with Gasteiger partial charge in [-0.05, 0) is 18.7 Å². The Morgan fingerprint density at radius 2 is 1.65 bits per heavy atom. The number of hydrogen-bond acceptors (Lipinski definition) is 4. The predicted molar refractivity (Wildman–Crippen MR) is 93.5 cm³/mol. The minimum absolute atomic E-state index is 0.00498. The zero-order chi connectivity index (χ0) is 16.5. The number of hydrogen-bond donors (Lipinski definition) is 2. The molecule has 0 radical (unpaired) electrons. The molecule has 2 rings (SSSR count). The van der Waals surface area contributed by atoms with Gasteiger partial charge in [-0.1, -0.05) is 48.5 Å². The number of nitrogens with one attached hydrogen (secondary N) is 2. The summed E-state index contributed by atoms with van der Waals surface area (Å²) in [4.78, 5) is 0. The van der Waals surface area contributed by atoms with Gasteiger partial charge in [0.15, 0.2) is 0 Å². The summed E-state index contributed by atoms with van der Waals surface area (Å²) in [5, 5.41) is 6.81. The molecule has 0 saturated carbocycles. The summed E-state index contributed by atoms with van der Waals surface area (Å²) in [5.74, 6) is 0.906. The van der Waals surface area contributed by atoms with Crippen molar-refractivity contribution < 1.29 is 9.47 Å². The first-order valence-corrected chi connectivity index (χ1v) is 7.88. The van der Waals surface area contributed by atoms with Crippen molar-refractivity contribution in [1.29, 1.82) is 0 Å². The van der Waals surface area contributed by atoms with Gasteiger partial charge in [0, 0.05) is 31.7 Å². The van der Waals surface area contributed by atoms with Crippen molar-refractivity contribution >= 4 is 0 Å². The molecule has 2 N–H and O–H groups in total. The fraction of sp³-hybridized carbons (Fsp3) is 0.368. The topological polar surface area (TPSA) is 42.5 Å². The molecule has 0 aromatic heterocycles. The second-order valence-electron chi connectivity index (χ2n) is 5.40. The summed E-state index contributed by atoms with van der Waals surface area (Å²) >= 11 is 0. The Hall–Kier alpha value is -1.88. The van der Waals surface area contributed by atoms with E-state index in [1.807, 2.05) is 31.3 Å². The predicted octanol–water partition coefficient (Wildman–Crippen LogP) is 3.11. The highest BCUT2D eigenvalue weighted by molar-refractivity contribution is 5.33. The molecule has 0 amide bonds. The van der Waals surface area contributed by atoms with Crippen molar-refractivity contribution in [2.45, 2.75) is 25.2 Å². The molecule has 0 unspecified atom stereocenters. The summed E-state index contributed by atoms with van der Waals surface area (Å²) in [7, 11) is 5.34. The van der Waals surface area contributed by atoms with E-state index in [0.717, 1.165) is 24.3 Å². The molecule has 0 aliphatic carbocycles. The van der Waals surface area contributed by atoms with Crippen molar-refractivity contribution in [1.82, 2.24) is 10.6 Å². The fourth-order valence-corrected chi connectivity index (χ4v) is 2.65. The van der Waals surface area contributed by atoms with E-state index in [2.05, 4.69) is 41.0 Å². The highest BCUT2D eigenvalue weighted by Gasteiger charge is 2.17. The number of para-hydroxylation sites is 1. The smallest absolute Gasteiger partial charge is 0.123 e. The van der Waals surface area contributed by atoms with Gasteiger partial charge in [0.1, 0.15) is 12.0 Å². The van der Waals surface area contributed by atoms with Crippen molar-refractivity contribution in [2.24, 2.45) is 0 Å². The van der Waals surface area contributed by atoms with Crippen LogP contribution in [0.1, 0.15) is 23.6 Å². The Labute approximate surface area is 138 Å². The Bertz CT molecular complexity index is 571. The van der Waals surface area contributed by atoms with Crippen LogP contribution < -0.4 is 15.4 Å². The van der Waals surface area contributed by atoms with Crippen molar-refractivity contribution in [3.05, 3.63) is 65.7 Å². The van der Waals surface area contributed by atoms with Crippen molar-refractivity contribution in [3.8, 4) is 5.75 Å². The van der Waals surface area contributed by atoms with E-state index < -0.39 is 0 Å². The van der Waals surface area contributed by atoms with E-state index in [9.17, 15) is 0 Å². The Kier molecular flexibility index (Phi) is 7.07. The lowest BCUT2D eigenvalue weighted by Gasteiger charge is -2.24. The first-order valence-electron chi connectivity index (χ1n) is 7.88. The minimum Gasteiger partial charge on any atom is -0.496 e. The van der Waals surface area contributed by atoms with Crippen LogP contribution >= 0.6 is 0 Å². The normalized spacial score (nSPS) is 13.5. The Morgan fingerprint density at radius 3 is 2.30 bits per heavy atom. The molecule has 4 nitrogen and oxygen atoms in total. The first-order chi connectivity index (χ1) is 11.3. The van der Waals surface area contributed by atoms with Gasteiger partial charge in [-0.3, -0.25) is 5.32 Å². The molecule has 2 aromatic rings. The summed E-state index contributed by atoms with van der Waals surface area (Å²) in [6.45, 7) is 0.740. The van der Waals surface area contributed by atoms with Crippen LogP contribution in [0, 0.1) is 0 Å². The van der Waals surface area contributed by atoms with Crippen LogP contribution in [-0.2, 0) is 11.3 Å². The van der Waals surface area contributed by atoms with Gasteiger partial charge >= 0.3 is 0 Å². The van der Waals surface area contributed by atoms with Crippen LogP contribution in [-0.4, -0.2) is 27.5 Å². The molecule has 0 aliphatic heterocycles. The Morgan fingerprint density at radius 1 is 0.957 bits per heavy atom. The standard InChI is InChI=1S/C19H26N2O2/c1-20-19(23-3)13-17(15-9-5-4-6-10-15)21-14-16-11-7-8-12-18(16)22-2/h4-12,17,19-21H,13-14H2,1-3H3/t17-,19+/m1/s1. The number of ether oxygens (including phenoxy) is 2. The van der Waals surface area contributed by atoms with Gasteiger partial charge in [0.25, 0.3) is 0 Å². The second-order valence-corrected chi connectivity index (χ2v) is 5.40. The van der Waals surface area contributed by atoms with Gasteiger partial charge in [-0.25, -0.2) is 0 Å². The van der Waals surface area contributed by atoms with E-state index in [0.29, 0.717) is 0 Å². The van der Waals surface area contributed by atoms with Gasteiger partial charge < -0.3 is 14.8 Å². The highest BCUT2D eigenvalue weighted by atomic mass is 16.5. The van der Waals surface area contributed by atoms with Crippen LogP contribution in [0.25, 0.3) is 0 Å². The molecule has 23 heavy (non-hydrogen) atoms. The molecular weight excluding hydrogens is 288 g/mol. The summed E-state index contributed by atoms with van der Waals surface area (Å²) in [5.41, 5.74) is 2.40. The van der Waals surface area contributed by atoms with Crippen molar-refractivity contribution in [3.63, 3.8) is 0 Å². The number of benzene rings is 2. The third-order valence-electron chi connectivity index (χ3n) is 3.99. The maximum atomic E-state index is 5.47. The van der Waals surface area contributed by atoms with Crippen LogP contribution in [0.5, 0.6) is 5.75 Å². The molecule has 0 heterocycles. The van der Waals surface area contributed by atoms with Crippen LogP contribution in [0.4, 0.5) is 0 Å². The van der Waals surface area contributed by atoms with Gasteiger partial charge in [-0.2, -0.15) is 0 Å². The maximum Gasteiger partial charge on any atom is 0.123 e. The minimum atomic E-state index is 0.00498. The molecule has 124 valence electrons. The molecular formula is C19H26N2O2. The van der Waals surface area contributed by atoms with Gasteiger partial charge in [-0.15, -0.1) is 0 Å². The average molecular weight is 314 g/mol. The lowest BCUT2D eigenvalue weighted by Crippen LogP contribution is -2.33. The molecule has 2 aromatic carbocycles. The van der Waals surface area contributed by atoms with E-state index in [-0.39, 0.29) is 12.3 Å². The molecule has 0 aliphatic rings. The lowest BCUT2D eigenvalue weighted by molar-refractivity contribution is 0.0640. The van der Waals surface area contributed by atoms with Crippen LogP contribution in [0.3, 0.4) is 0 Å². The molecule has 0 fully saturated rings. The van der Waals surface area contributed by atoms with E-state index >= 15 is 0 Å². The number of rotatable bonds is 9. The third kappa shape index (κ3) is 5.06.